The van der Waals surface area contributed by atoms with Crippen molar-refractivity contribution >= 4 is 64.7 Å². The van der Waals surface area contributed by atoms with Gasteiger partial charge in [0.15, 0.2) is 5.78 Å². The van der Waals surface area contributed by atoms with Crippen LogP contribution in [0, 0.1) is 6.92 Å². The summed E-state index contributed by atoms with van der Waals surface area (Å²) < 4.78 is 126. The number of aliphatic carboxylic acids is 3. The van der Waals surface area contributed by atoms with Crippen molar-refractivity contribution in [3.63, 3.8) is 0 Å². The van der Waals surface area contributed by atoms with Gasteiger partial charge in [-0.05, 0) is 103 Å². The summed E-state index contributed by atoms with van der Waals surface area (Å²) in [6.07, 6.45) is -11.1. The van der Waals surface area contributed by atoms with Gasteiger partial charge in [0.05, 0.1) is 75.6 Å². The molecule has 7 aromatic rings. The van der Waals surface area contributed by atoms with Crippen molar-refractivity contribution in [1.29, 1.82) is 0 Å². The Morgan fingerprint density at radius 1 is 0.527 bits per heavy atom. The SMILES string of the molecule is CCCC(=O)c1cc(-c2cn(-c3ccc(C(=O)NCC(=O)O)c(C)c3)nn2)nc(-c2cn(-c3ccc(C(=O)NCC(=O)O)c(C(F)(F)F)c3)nn2)c1.COC(=O)CNC(=O)c1ccc(N=[N+]=[N-])cc1C(F)(F)F.[N-]=[N+]=Nc1ccc(C(=O)NCC(=O)O)c(C(F)(F)F)c1. The molecule has 3 aromatic heterocycles. The number of nitrogens with zero attached hydrogens (tertiary/aromatic N) is 13. The fourth-order valence-electron chi connectivity index (χ4n) is 7.72. The van der Waals surface area contributed by atoms with Crippen LogP contribution in [-0.4, -0.2) is 137 Å². The second kappa shape index (κ2) is 31.3. The molecule has 4 aromatic carbocycles. The molecule has 30 nitrogen and oxygen atoms in total. The van der Waals surface area contributed by atoms with Crippen LogP contribution in [0.25, 0.3) is 55.0 Å². The minimum absolute atomic E-state index is 0.0871. The number of carboxylic acids is 3. The van der Waals surface area contributed by atoms with E-state index in [0.717, 1.165) is 42.1 Å². The summed E-state index contributed by atoms with van der Waals surface area (Å²) in [7, 11) is 1.07. The molecule has 0 aliphatic heterocycles. The van der Waals surface area contributed by atoms with Gasteiger partial charge in [-0.1, -0.05) is 39.7 Å². The number of pyridine rings is 1. The van der Waals surface area contributed by atoms with Gasteiger partial charge in [0.25, 0.3) is 23.6 Å². The number of ether oxygens (including phenoxy) is 1. The van der Waals surface area contributed by atoms with Gasteiger partial charge >= 0.3 is 42.4 Å². The molecular formula is C54H44F9N17O13. The van der Waals surface area contributed by atoms with Gasteiger partial charge in [0.1, 0.15) is 37.6 Å². The van der Waals surface area contributed by atoms with E-state index >= 15 is 0 Å². The van der Waals surface area contributed by atoms with Crippen LogP contribution in [0.1, 0.15) is 93.8 Å². The molecule has 0 aliphatic rings. The highest BCUT2D eigenvalue weighted by atomic mass is 19.4. The second-order valence-electron chi connectivity index (χ2n) is 18.4. The molecule has 7 rings (SSSR count). The Labute approximate surface area is 513 Å². The number of methoxy groups -OCH3 is 1. The zero-order chi connectivity index (χ0) is 69.1. The number of hydrogen-bond donors (Lipinski definition) is 7. The number of carboxylic acid groups (broad SMARTS) is 3. The molecule has 0 fully saturated rings. The molecule has 4 amide bonds. The van der Waals surface area contributed by atoms with Gasteiger partial charge in [0.2, 0.25) is 0 Å². The first-order valence-corrected chi connectivity index (χ1v) is 25.8. The number of carbonyl (C=O) groups is 9. The van der Waals surface area contributed by atoms with Gasteiger partial charge < -0.3 is 41.3 Å². The summed E-state index contributed by atoms with van der Waals surface area (Å²) in [5.41, 5.74) is 11.8. The number of hydrogen-bond acceptors (Lipinski definition) is 17. The number of benzene rings is 4. The van der Waals surface area contributed by atoms with E-state index < -0.39 is 126 Å². The molecule has 0 radical (unpaired) electrons. The standard InChI is InChI=1S/C33H28F3N9O7.C11H9F3N4O3.C10H7F3N4O3/c1-3-4-28(46)18-10-24(26-15-44(42-40-26)19-5-7-21(17(2)9-19)31(51)37-13-29(47)48)39-25(11-18)27-16-45(43-41-27)20-6-8-22(23(12-20)33(34,35)36)32(52)38-14-30(49)50;1-21-9(19)5-16-10(20)7-3-2-6(17-18-15)4-8(7)11(12,13)14;11-10(12,13)7-3-5(16-17-14)1-2-6(7)9(20)15-4-8(18)19/h5-12,15-16H,3-4,13-14H2,1-2H3,(H,37,51)(H,38,52)(H,47,48)(H,49,50);2-4H,5H2,1H3,(H,16,20);1-3H,4H2,(H,15,20)(H,18,19). The molecular weight excluding hydrogens is 1270 g/mol. The molecule has 0 spiro atoms. The van der Waals surface area contributed by atoms with Crippen LogP contribution in [0.15, 0.2) is 108 Å². The smallest absolute Gasteiger partial charge is 0.417 e. The van der Waals surface area contributed by atoms with Crippen molar-refractivity contribution in [2.45, 2.75) is 45.2 Å². The van der Waals surface area contributed by atoms with E-state index in [9.17, 15) is 82.7 Å². The average molecular weight is 1310 g/mol. The Bertz CT molecular complexity index is 4140. The summed E-state index contributed by atoms with van der Waals surface area (Å²) >= 11 is 0. The molecule has 39 heteroatoms. The molecule has 0 saturated carbocycles. The predicted molar refractivity (Wildman–Crippen MR) is 299 cm³/mol. The zero-order valence-electron chi connectivity index (χ0n) is 47.6. The lowest BCUT2D eigenvalue weighted by Crippen LogP contribution is -2.31. The van der Waals surface area contributed by atoms with Crippen LogP contribution in [-0.2, 0) is 42.4 Å². The third-order valence-electron chi connectivity index (χ3n) is 11.9. The number of aryl methyl sites for hydroxylation is 1. The average Bonchev–Trinajstić information content (AvgIpc) is 1.82. The minimum atomic E-state index is -4.98. The normalized spacial score (nSPS) is 10.9. The highest BCUT2D eigenvalue weighted by molar-refractivity contribution is 6.00. The van der Waals surface area contributed by atoms with Crippen molar-refractivity contribution in [2.75, 3.05) is 33.3 Å². The molecule has 0 bridgehead atoms. The van der Waals surface area contributed by atoms with Crippen LogP contribution in [0.4, 0.5) is 50.9 Å². The summed E-state index contributed by atoms with van der Waals surface area (Å²) in [4.78, 5) is 113. The lowest BCUT2D eigenvalue weighted by molar-refractivity contribution is -0.140. The second-order valence-corrected chi connectivity index (χ2v) is 18.4. The zero-order valence-corrected chi connectivity index (χ0v) is 47.6. The summed E-state index contributed by atoms with van der Waals surface area (Å²) in [5, 5.41) is 56.4. The molecule has 0 aliphatic carbocycles. The van der Waals surface area contributed by atoms with E-state index in [2.05, 4.69) is 55.7 Å². The molecule has 93 heavy (non-hydrogen) atoms. The van der Waals surface area contributed by atoms with Crippen molar-refractivity contribution in [3.05, 3.63) is 168 Å². The number of aromatic nitrogens is 7. The van der Waals surface area contributed by atoms with Crippen LogP contribution >= 0.6 is 0 Å². The fourth-order valence-corrected chi connectivity index (χ4v) is 7.72. The van der Waals surface area contributed by atoms with E-state index in [-0.39, 0.29) is 63.2 Å². The first kappa shape index (κ1) is 71.5. The number of esters is 1. The minimum Gasteiger partial charge on any atom is -0.480 e. The van der Waals surface area contributed by atoms with Crippen LogP contribution in [0.2, 0.25) is 0 Å². The van der Waals surface area contributed by atoms with Crippen LogP contribution in [0.5, 0.6) is 0 Å². The topological polar surface area (TPSA) is 444 Å². The third-order valence-corrected chi connectivity index (χ3v) is 11.9. The number of Topliss-reactive ketones (excluding diaryl/α,β-unsaturated/α-hetero) is 1. The maximum Gasteiger partial charge on any atom is 0.417 e. The summed E-state index contributed by atoms with van der Waals surface area (Å²) in [6.45, 7) is 0.704. The first-order valence-electron chi connectivity index (χ1n) is 25.8. The van der Waals surface area contributed by atoms with Crippen molar-refractivity contribution in [2.24, 2.45) is 10.2 Å². The Morgan fingerprint density at radius 3 is 1.26 bits per heavy atom. The quantitative estimate of drug-likeness (QED) is 0.00884. The lowest BCUT2D eigenvalue weighted by Gasteiger charge is -2.14. The molecule has 0 saturated heterocycles. The largest absolute Gasteiger partial charge is 0.480 e. The van der Waals surface area contributed by atoms with E-state index in [0.29, 0.717) is 35.9 Å². The number of nitrogens with one attached hydrogen (secondary N) is 4. The maximum atomic E-state index is 14.0. The van der Waals surface area contributed by atoms with Crippen molar-refractivity contribution in [1.82, 2.24) is 56.2 Å². The van der Waals surface area contributed by atoms with E-state index in [1.54, 1.807) is 19.1 Å². The monoisotopic (exact) mass is 1310 g/mol. The summed E-state index contributed by atoms with van der Waals surface area (Å²) in [5.74, 6) is -9.10. The van der Waals surface area contributed by atoms with Gasteiger partial charge in [0, 0.05) is 38.7 Å². The van der Waals surface area contributed by atoms with Crippen molar-refractivity contribution < 1.29 is 103 Å². The Morgan fingerprint density at radius 2 is 0.892 bits per heavy atom. The fraction of sp³-hybridized carbons (Fsp3) is 0.222. The number of alkyl halides is 9. The van der Waals surface area contributed by atoms with E-state index in [1.165, 1.54) is 41.3 Å². The van der Waals surface area contributed by atoms with Crippen molar-refractivity contribution in [3.8, 4) is 34.2 Å². The Kier molecular flexibility index (Phi) is 24.0. The lowest BCUT2D eigenvalue weighted by atomic mass is 10.0. The van der Waals surface area contributed by atoms with Gasteiger partial charge in [-0.2, -0.15) is 39.5 Å². The molecule has 486 valence electrons. The Hall–Kier alpha value is -12.3. The molecule has 0 atom stereocenters. The van der Waals surface area contributed by atoms with E-state index in [1.807, 2.05) is 22.9 Å². The highest BCUT2D eigenvalue weighted by Gasteiger charge is 2.38. The van der Waals surface area contributed by atoms with Gasteiger partial charge in [-0.3, -0.25) is 43.2 Å². The predicted octanol–water partition coefficient (Wildman–Crippen LogP) is 8.53. The first-order chi connectivity index (χ1) is 43.7. The number of rotatable bonds is 21. The summed E-state index contributed by atoms with van der Waals surface area (Å²) in [6, 6.07) is 15.3. The van der Waals surface area contributed by atoms with Crippen LogP contribution < -0.4 is 21.3 Å². The highest BCUT2D eigenvalue weighted by Crippen LogP contribution is 2.37. The van der Waals surface area contributed by atoms with Crippen LogP contribution in [0.3, 0.4) is 0 Å². The van der Waals surface area contributed by atoms with E-state index in [4.69, 9.17) is 26.4 Å². The molecule has 3 heterocycles. The number of azide groups is 2. The Balaban J connectivity index is 0.000000312. The molecule has 0 unspecified atom stereocenters. The number of amides is 4. The van der Waals surface area contributed by atoms with Gasteiger partial charge in [-0.25, -0.2) is 14.3 Å². The third kappa shape index (κ3) is 20.1. The molecule has 7 N–H and O–H groups in total. The van der Waals surface area contributed by atoms with Gasteiger partial charge in [-0.15, -0.1) is 10.2 Å². The number of ketones is 1. The number of carbonyl (C=O) groups excluding carboxylic acids is 6. The maximum absolute atomic E-state index is 14.0. The number of halogens is 9.